The first-order valence-electron chi connectivity index (χ1n) is 8.54. The zero-order valence-electron chi connectivity index (χ0n) is 14.7. The molecule has 0 bridgehead atoms. The third-order valence-electron chi connectivity index (χ3n) is 4.53. The molecule has 2 heterocycles. The molecule has 0 aliphatic heterocycles. The number of thiophene rings is 1. The molecule has 1 amide bonds. The average molecular weight is 361 g/mol. The molecule has 26 heavy (non-hydrogen) atoms. The summed E-state index contributed by atoms with van der Waals surface area (Å²) in [5.41, 5.74) is 4.62. The summed E-state index contributed by atoms with van der Waals surface area (Å²) in [5, 5.41) is 3.03. The van der Waals surface area contributed by atoms with Gasteiger partial charge in [-0.15, -0.1) is 11.3 Å². The number of aryl methyl sites for hydroxylation is 2. The van der Waals surface area contributed by atoms with E-state index in [0.717, 1.165) is 26.5 Å². The Hall–Kier alpha value is -2.85. The van der Waals surface area contributed by atoms with Crippen LogP contribution < -0.4 is 5.32 Å². The average Bonchev–Trinajstić information content (AvgIpc) is 3.18. The van der Waals surface area contributed by atoms with Gasteiger partial charge in [0.2, 0.25) is 0 Å². The van der Waals surface area contributed by atoms with Crippen LogP contribution in [0.5, 0.6) is 0 Å². The summed E-state index contributed by atoms with van der Waals surface area (Å²) in [5.74, 6) is 0.700. The van der Waals surface area contributed by atoms with Gasteiger partial charge in [-0.1, -0.05) is 54.6 Å². The number of carbonyl (C=O) groups is 1. The summed E-state index contributed by atoms with van der Waals surface area (Å²) in [6.07, 6.45) is 0. The first kappa shape index (κ1) is 16.6. The third kappa shape index (κ3) is 3.04. The van der Waals surface area contributed by atoms with E-state index in [1.54, 1.807) is 11.3 Å². The molecule has 0 spiro atoms. The van der Waals surface area contributed by atoms with E-state index in [2.05, 4.69) is 5.32 Å². The Morgan fingerprint density at radius 1 is 1.04 bits per heavy atom. The Labute approximate surface area is 156 Å². The minimum absolute atomic E-state index is 0.0917. The fourth-order valence-electron chi connectivity index (χ4n) is 3.08. The highest BCUT2D eigenvalue weighted by atomic mass is 32.1. The van der Waals surface area contributed by atoms with Crippen molar-refractivity contribution in [2.24, 2.45) is 0 Å². The fraction of sp³-hybridized carbons (Fsp3) is 0.136. The van der Waals surface area contributed by atoms with Crippen LogP contribution in [0.1, 0.15) is 26.4 Å². The van der Waals surface area contributed by atoms with E-state index >= 15 is 0 Å². The zero-order valence-corrected chi connectivity index (χ0v) is 15.5. The molecular weight excluding hydrogens is 342 g/mol. The standard InChI is InChI=1S/C22H19NO2S/c1-14-8-6-7-11-17(14)13-23-22(24)20-15(2)26-19-12-18(25-21(19)20)16-9-4-3-5-10-16/h3-12H,13H2,1-2H3,(H,23,24). The Morgan fingerprint density at radius 3 is 2.54 bits per heavy atom. The van der Waals surface area contributed by atoms with E-state index in [1.165, 1.54) is 5.56 Å². The molecule has 4 aromatic rings. The second-order valence-corrected chi connectivity index (χ2v) is 7.57. The highest BCUT2D eigenvalue weighted by molar-refractivity contribution is 7.19. The molecule has 4 rings (SSSR count). The van der Waals surface area contributed by atoms with Crippen LogP contribution in [0.3, 0.4) is 0 Å². The first-order valence-corrected chi connectivity index (χ1v) is 9.36. The molecule has 0 radical (unpaired) electrons. The maximum Gasteiger partial charge on any atom is 0.256 e. The zero-order chi connectivity index (χ0) is 18.1. The van der Waals surface area contributed by atoms with Crippen LogP contribution in [0.2, 0.25) is 0 Å². The van der Waals surface area contributed by atoms with Gasteiger partial charge < -0.3 is 9.73 Å². The molecule has 2 aromatic carbocycles. The normalized spacial score (nSPS) is 11.0. The lowest BCUT2D eigenvalue weighted by Crippen LogP contribution is -2.23. The van der Waals surface area contributed by atoms with Crippen molar-refractivity contribution >= 4 is 27.5 Å². The van der Waals surface area contributed by atoms with Crippen LogP contribution in [0.4, 0.5) is 0 Å². The van der Waals surface area contributed by atoms with E-state index in [1.807, 2.05) is 74.5 Å². The Morgan fingerprint density at radius 2 is 1.77 bits per heavy atom. The van der Waals surface area contributed by atoms with Gasteiger partial charge in [-0.05, 0) is 25.0 Å². The van der Waals surface area contributed by atoms with Crippen molar-refractivity contribution in [3.8, 4) is 11.3 Å². The predicted octanol–water partition coefficient (Wildman–Crippen LogP) is 5.71. The third-order valence-corrected chi connectivity index (χ3v) is 5.56. The van der Waals surface area contributed by atoms with Crippen molar-refractivity contribution in [2.45, 2.75) is 20.4 Å². The number of amides is 1. The molecule has 0 atom stereocenters. The second kappa shape index (κ2) is 6.81. The molecule has 3 nitrogen and oxygen atoms in total. The van der Waals surface area contributed by atoms with E-state index in [4.69, 9.17) is 4.42 Å². The van der Waals surface area contributed by atoms with Crippen LogP contribution in [-0.2, 0) is 6.54 Å². The molecule has 0 aliphatic carbocycles. The van der Waals surface area contributed by atoms with E-state index < -0.39 is 0 Å². The second-order valence-electron chi connectivity index (χ2n) is 6.31. The number of rotatable bonds is 4. The number of furan rings is 1. The molecule has 130 valence electrons. The van der Waals surface area contributed by atoms with Gasteiger partial charge in [0.1, 0.15) is 5.76 Å². The van der Waals surface area contributed by atoms with Gasteiger partial charge in [0.15, 0.2) is 5.58 Å². The van der Waals surface area contributed by atoms with Crippen molar-refractivity contribution in [2.75, 3.05) is 0 Å². The topological polar surface area (TPSA) is 42.2 Å². The van der Waals surface area contributed by atoms with E-state index in [-0.39, 0.29) is 5.91 Å². The maximum absolute atomic E-state index is 12.8. The minimum Gasteiger partial charge on any atom is -0.454 e. The molecule has 0 unspecified atom stereocenters. The lowest BCUT2D eigenvalue weighted by atomic mass is 10.1. The quantitative estimate of drug-likeness (QED) is 0.506. The monoisotopic (exact) mass is 361 g/mol. The summed E-state index contributed by atoms with van der Waals surface area (Å²) in [6.45, 7) is 4.52. The molecule has 4 heteroatoms. The number of nitrogens with one attached hydrogen (secondary N) is 1. The lowest BCUT2D eigenvalue weighted by Gasteiger charge is -2.07. The minimum atomic E-state index is -0.0917. The van der Waals surface area contributed by atoms with Crippen LogP contribution >= 0.6 is 11.3 Å². The van der Waals surface area contributed by atoms with Crippen LogP contribution in [0, 0.1) is 13.8 Å². The van der Waals surface area contributed by atoms with Crippen molar-refractivity contribution in [1.29, 1.82) is 0 Å². The lowest BCUT2D eigenvalue weighted by molar-refractivity contribution is 0.0951. The smallest absolute Gasteiger partial charge is 0.256 e. The molecule has 0 aliphatic rings. The summed E-state index contributed by atoms with van der Waals surface area (Å²) >= 11 is 1.59. The summed E-state index contributed by atoms with van der Waals surface area (Å²) < 4.78 is 7.05. The number of fused-ring (bicyclic) bond motifs is 1. The van der Waals surface area contributed by atoms with Crippen LogP contribution in [0.15, 0.2) is 65.1 Å². The number of hydrogen-bond acceptors (Lipinski definition) is 3. The molecular formula is C22H19NO2S. The molecule has 0 fully saturated rings. The summed E-state index contributed by atoms with van der Waals surface area (Å²) in [6, 6.07) is 20.0. The SMILES string of the molecule is Cc1ccccc1CNC(=O)c1c(C)sc2cc(-c3ccccc3)oc12. The van der Waals surface area contributed by atoms with Gasteiger partial charge in [-0.25, -0.2) is 0 Å². The van der Waals surface area contributed by atoms with Crippen molar-refractivity contribution in [3.05, 3.63) is 82.2 Å². The largest absolute Gasteiger partial charge is 0.454 e. The Bertz CT molecular complexity index is 1080. The van der Waals surface area contributed by atoms with Crippen LogP contribution in [0.25, 0.3) is 21.6 Å². The molecule has 1 N–H and O–H groups in total. The maximum atomic E-state index is 12.8. The van der Waals surface area contributed by atoms with E-state index in [0.29, 0.717) is 17.7 Å². The number of carbonyl (C=O) groups excluding carboxylic acids is 1. The molecule has 0 saturated carbocycles. The van der Waals surface area contributed by atoms with Crippen molar-refractivity contribution in [3.63, 3.8) is 0 Å². The Balaban J connectivity index is 1.63. The highest BCUT2D eigenvalue weighted by Crippen LogP contribution is 2.36. The number of hydrogen-bond donors (Lipinski definition) is 1. The summed E-state index contributed by atoms with van der Waals surface area (Å²) in [4.78, 5) is 13.8. The van der Waals surface area contributed by atoms with Crippen molar-refractivity contribution < 1.29 is 9.21 Å². The van der Waals surface area contributed by atoms with Gasteiger partial charge in [-0.2, -0.15) is 0 Å². The first-order chi connectivity index (χ1) is 12.6. The van der Waals surface area contributed by atoms with Gasteiger partial charge in [0, 0.05) is 23.1 Å². The van der Waals surface area contributed by atoms with Crippen molar-refractivity contribution in [1.82, 2.24) is 5.32 Å². The Kier molecular flexibility index (Phi) is 4.35. The van der Waals surface area contributed by atoms with Gasteiger partial charge >= 0.3 is 0 Å². The van der Waals surface area contributed by atoms with Gasteiger partial charge in [0.25, 0.3) is 5.91 Å². The summed E-state index contributed by atoms with van der Waals surface area (Å²) in [7, 11) is 0. The molecule has 2 aromatic heterocycles. The van der Waals surface area contributed by atoms with E-state index in [9.17, 15) is 4.79 Å². The van der Waals surface area contributed by atoms with Crippen LogP contribution in [-0.4, -0.2) is 5.91 Å². The molecule has 0 saturated heterocycles. The fourth-order valence-corrected chi connectivity index (χ4v) is 4.10. The van der Waals surface area contributed by atoms with Gasteiger partial charge in [0.05, 0.1) is 10.3 Å². The van der Waals surface area contributed by atoms with Gasteiger partial charge in [-0.3, -0.25) is 4.79 Å². The number of benzene rings is 2. The highest BCUT2D eigenvalue weighted by Gasteiger charge is 2.21. The predicted molar refractivity (Wildman–Crippen MR) is 107 cm³/mol.